The predicted molar refractivity (Wildman–Crippen MR) is 192 cm³/mol. The van der Waals surface area contributed by atoms with E-state index in [0.29, 0.717) is 5.71 Å². The lowest BCUT2D eigenvalue weighted by Crippen LogP contribution is -2.11. The smallest absolute Gasteiger partial charge is 0.227 e. The Bertz CT molecular complexity index is 2530. The predicted octanol–water partition coefficient (Wildman–Crippen LogP) is 12.1. The van der Waals surface area contributed by atoms with E-state index in [1.807, 2.05) is 6.07 Å². The number of benzene rings is 7. The first-order valence-corrected chi connectivity index (χ1v) is 15.5. The molecule has 0 amide bonds. The molecule has 0 aliphatic rings. The zero-order chi connectivity index (χ0) is 30.5. The molecular weight excluding hydrogens is 560 g/mol. The van der Waals surface area contributed by atoms with Crippen molar-refractivity contribution >= 4 is 60.7 Å². The molecule has 46 heavy (non-hydrogen) atoms. The second-order valence-corrected chi connectivity index (χ2v) is 11.6. The summed E-state index contributed by atoms with van der Waals surface area (Å²) in [6, 6.07) is 58.2. The first-order chi connectivity index (χ1) is 22.8. The minimum atomic E-state index is 0.636. The molecule has 9 aromatic rings. The fraction of sp³-hybridized carbons (Fsp3) is 0. The van der Waals surface area contributed by atoms with Crippen LogP contribution >= 0.6 is 0 Å². The molecule has 216 valence electrons. The van der Waals surface area contributed by atoms with E-state index in [-0.39, 0.29) is 0 Å². The molecule has 0 aliphatic carbocycles. The highest BCUT2D eigenvalue weighted by molar-refractivity contribution is 6.21. The Balaban J connectivity index is 1.35. The van der Waals surface area contributed by atoms with Crippen molar-refractivity contribution < 1.29 is 4.42 Å². The Morgan fingerprint density at radius 3 is 2.00 bits per heavy atom. The van der Waals surface area contributed by atoms with Crippen LogP contribution in [0.3, 0.4) is 0 Å². The van der Waals surface area contributed by atoms with Crippen molar-refractivity contribution in [3.05, 3.63) is 170 Å². The Hall–Kier alpha value is -6.19. The van der Waals surface area contributed by atoms with Crippen LogP contribution in [0.5, 0.6) is 0 Å². The summed E-state index contributed by atoms with van der Waals surface area (Å²) in [4.78, 5) is 7.01. The molecule has 0 bridgehead atoms. The molecular formula is C43H28N2O. The van der Waals surface area contributed by atoms with Gasteiger partial charge in [0.1, 0.15) is 5.58 Å². The summed E-state index contributed by atoms with van der Waals surface area (Å²) in [6.45, 7) is 0. The van der Waals surface area contributed by atoms with Crippen molar-refractivity contribution in [3.8, 4) is 22.3 Å². The summed E-state index contributed by atoms with van der Waals surface area (Å²) in [5, 5.41) is 6.66. The lowest BCUT2D eigenvalue weighted by atomic mass is 9.97. The second kappa shape index (κ2) is 10.8. The highest BCUT2D eigenvalue weighted by Gasteiger charge is 2.24. The van der Waals surface area contributed by atoms with Crippen LogP contribution in [-0.2, 0) is 0 Å². The summed E-state index contributed by atoms with van der Waals surface area (Å²) in [7, 11) is 0. The van der Waals surface area contributed by atoms with E-state index >= 15 is 0 Å². The highest BCUT2D eigenvalue weighted by atomic mass is 16.3. The van der Waals surface area contributed by atoms with Gasteiger partial charge in [0.2, 0.25) is 5.71 Å². The summed E-state index contributed by atoms with van der Waals surface area (Å²) in [5.41, 5.74) is 9.34. The SMILES string of the molecule is c1ccc(-c2ccc(N(c3ccccc3-c3ccc4ccccc4c3)c3cc4ccccc4c4oc5ncccc5c34)cc2)cc1. The molecule has 0 saturated carbocycles. The molecule has 0 aliphatic heterocycles. The average Bonchev–Trinajstić information content (AvgIpc) is 3.53. The van der Waals surface area contributed by atoms with Crippen molar-refractivity contribution in [2.24, 2.45) is 0 Å². The molecule has 9 rings (SSSR count). The van der Waals surface area contributed by atoms with Crippen molar-refractivity contribution in [2.45, 2.75) is 0 Å². The number of hydrogen-bond donors (Lipinski definition) is 0. The fourth-order valence-electron chi connectivity index (χ4n) is 6.71. The van der Waals surface area contributed by atoms with Gasteiger partial charge in [-0.05, 0) is 75.3 Å². The van der Waals surface area contributed by atoms with E-state index in [2.05, 4.69) is 168 Å². The summed E-state index contributed by atoms with van der Waals surface area (Å²) >= 11 is 0. The maximum atomic E-state index is 6.53. The number of hydrogen-bond acceptors (Lipinski definition) is 3. The van der Waals surface area contributed by atoms with Crippen LogP contribution in [0, 0.1) is 0 Å². The number of para-hydroxylation sites is 1. The van der Waals surface area contributed by atoms with Gasteiger partial charge in [-0.2, -0.15) is 0 Å². The van der Waals surface area contributed by atoms with Crippen LogP contribution < -0.4 is 4.90 Å². The summed E-state index contributed by atoms with van der Waals surface area (Å²) < 4.78 is 6.53. The lowest BCUT2D eigenvalue weighted by Gasteiger charge is -2.29. The zero-order valence-electron chi connectivity index (χ0n) is 25.0. The monoisotopic (exact) mass is 588 g/mol. The minimum Gasteiger partial charge on any atom is -0.437 e. The van der Waals surface area contributed by atoms with Crippen LogP contribution in [0.15, 0.2) is 174 Å². The number of fused-ring (bicyclic) bond motifs is 6. The maximum Gasteiger partial charge on any atom is 0.227 e. The van der Waals surface area contributed by atoms with E-state index in [1.54, 1.807) is 6.20 Å². The standard InChI is InChI=1S/C43H28N2O/c1-2-11-29(12-3-1)31-22-24-35(25-23-31)45(39-19-9-8-16-36(39)34-21-20-30-13-4-5-14-32(30)27-34)40-28-33-15-6-7-17-37(33)42-41(40)38-18-10-26-44-43(38)46-42/h1-28H. The van der Waals surface area contributed by atoms with E-state index in [1.165, 1.54) is 21.9 Å². The molecule has 2 aromatic heterocycles. The number of pyridine rings is 1. The van der Waals surface area contributed by atoms with Crippen LogP contribution in [0.1, 0.15) is 0 Å². The van der Waals surface area contributed by atoms with Crippen molar-refractivity contribution in [2.75, 3.05) is 4.90 Å². The Labute approximate surface area is 266 Å². The number of aromatic nitrogens is 1. The van der Waals surface area contributed by atoms with Gasteiger partial charge in [0.15, 0.2) is 0 Å². The first-order valence-electron chi connectivity index (χ1n) is 15.5. The third-order valence-corrected chi connectivity index (χ3v) is 8.90. The van der Waals surface area contributed by atoms with Gasteiger partial charge in [0.25, 0.3) is 0 Å². The van der Waals surface area contributed by atoms with Gasteiger partial charge in [0, 0.05) is 22.8 Å². The van der Waals surface area contributed by atoms with E-state index in [0.717, 1.165) is 55.3 Å². The Kier molecular flexibility index (Phi) is 6.14. The molecule has 7 aromatic carbocycles. The van der Waals surface area contributed by atoms with Gasteiger partial charge in [-0.15, -0.1) is 0 Å². The molecule has 3 nitrogen and oxygen atoms in total. The minimum absolute atomic E-state index is 0.636. The quantitative estimate of drug-likeness (QED) is 0.200. The average molecular weight is 589 g/mol. The third kappa shape index (κ3) is 4.33. The van der Waals surface area contributed by atoms with Crippen LogP contribution in [0.25, 0.3) is 65.9 Å². The van der Waals surface area contributed by atoms with Gasteiger partial charge in [-0.25, -0.2) is 4.98 Å². The van der Waals surface area contributed by atoms with Gasteiger partial charge < -0.3 is 9.32 Å². The van der Waals surface area contributed by atoms with Gasteiger partial charge in [0.05, 0.1) is 22.1 Å². The van der Waals surface area contributed by atoms with E-state index in [4.69, 9.17) is 4.42 Å². The van der Waals surface area contributed by atoms with Crippen LogP contribution in [0.4, 0.5) is 17.1 Å². The highest BCUT2D eigenvalue weighted by Crippen LogP contribution is 2.48. The molecule has 0 atom stereocenters. The summed E-state index contributed by atoms with van der Waals surface area (Å²) in [6.07, 6.45) is 1.79. The van der Waals surface area contributed by atoms with Crippen LogP contribution in [-0.4, -0.2) is 4.98 Å². The van der Waals surface area contributed by atoms with E-state index in [9.17, 15) is 0 Å². The molecule has 0 unspecified atom stereocenters. The van der Waals surface area contributed by atoms with Gasteiger partial charge >= 0.3 is 0 Å². The van der Waals surface area contributed by atoms with Crippen molar-refractivity contribution in [1.82, 2.24) is 4.98 Å². The largest absolute Gasteiger partial charge is 0.437 e. The third-order valence-electron chi connectivity index (χ3n) is 8.90. The van der Waals surface area contributed by atoms with Crippen LogP contribution in [0.2, 0.25) is 0 Å². The zero-order valence-corrected chi connectivity index (χ0v) is 25.0. The maximum absolute atomic E-state index is 6.53. The topological polar surface area (TPSA) is 29.3 Å². The Morgan fingerprint density at radius 2 is 1.13 bits per heavy atom. The molecule has 2 heterocycles. The van der Waals surface area contributed by atoms with Gasteiger partial charge in [-0.1, -0.05) is 121 Å². The van der Waals surface area contributed by atoms with Crippen molar-refractivity contribution in [3.63, 3.8) is 0 Å². The molecule has 0 radical (unpaired) electrons. The van der Waals surface area contributed by atoms with E-state index < -0.39 is 0 Å². The molecule has 0 fully saturated rings. The summed E-state index contributed by atoms with van der Waals surface area (Å²) in [5.74, 6) is 0. The normalized spacial score (nSPS) is 11.5. The first kappa shape index (κ1) is 26.2. The molecule has 0 saturated heterocycles. The Morgan fingerprint density at radius 1 is 0.457 bits per heavy atom. The number of rotatable bonds is 5. The number of furan rings is 1. The fourth-order valence-corrected chi connectivity index (χ4v) is 6.71. The number of anilines is 3. The molecule has 0 N–H and O–H groups in total. The van der Waals surface area contributed by atoms with Gasteiger partial charge in [-0.3, -0.25) is 0 Å². The lowest BCUT2D eigenvalue weighted by molar-refractivity contribution is 0.657. The number of nitrogens with zero attached hydrogens (tertiary/aromatic N) is 2. The molecule has 0 spiro atoms. The molecule has 3 heteroatoms. The van der Waals surface area contributed by atoms with Crippen molar-refractivity contribution in [1.29, 1.82) is 0 Å². The second-order valence-electron chi connectivity index (χ2n) is 11.6.